The van der Waals surface area contributed by atoms with E-state index in [0.717, 1.165) is 11.5 Å². The largest absolute Gasteiger partial charge is 0.480 e. The monoisotopic (exact) mass is 437 g/mol. The Hall–Kier alpha value is -2.45. The molecule has 0 bridgehead atoms. The van der Waals surface area contributed by atoms with Crippen LogP contribution in [0.3, 0.4) is 0 Å². The first kappa shape index (κ1) is 18.3. The first-order valence-corrected chi connectivity index (χ1v) is 9.71. The highest BCUT2D eigenvalue weighted by atomic mass is 79.9. The molecule has 134 valence electrons. The van der Waals surface area contributed by atoms with Crippen LogP contribution in [0, 0.1) is 5.82 Å². The quantitative estimate of drug-likeness (QED) is 0.653. The maximum Gasteiger partial charge on any atom is 0.324 e. The van der Waals surface area contributed by atoms with Crippen LogP contribution in [0.4, 0.5) is 10.1 Å². The maximum atomic E-state index is 14.3. The summed E-state index contributed by atoms with van der Waals surface area (Å²) >= 11 is 3.09. The van der Waals surface area contributed by atoms with Crippen LogP contribution in [0.1, 0.15) is 0 Å². The standard InChI is InChI=1S/C18H13BrFNO4S/c19-14-6-8-17(16(20)10-14)21(11-18(22)23)26(24,25)15-7-5-12-3-1-2-4-13(12)9-15/h1-10H,11H2,(H,22,23). The predicted octanol–water partition coefficient (Wildman–Crippen LogP) is 4.02. The van der Waals surface area contributed by atoms with Gasteiger partial charge in [-0.05, 0) is 41.1 Å². The lowest BCUT2D eigenvalue weighted by atomic mass is 10.1. The van der Waals surface area contributed by atoms with Gasteiger partial charge in [-0.1, -0.05) is 46.3 Å². The number of halogens is 2. The van der Waals surface area contributed by atoms with Crippen molar-refractivity contribution in [1.29, 1.82) is 0 Å². The molecule has 0 aromatic heterocycles. The van der Waals surface area contributed by atoms with E-state index < -0.39 is 28.4 Å². The lowest BCUT2D eigenvalue weighted by Gasteiger charge is -2.23. The van der Waals surface area contributed by atoms with E-state index in [1.807, 2.05) is 12.1 Å². The van der Waals surface area contributed by atoms with Crippen LogP contribution >= 0.6 is 15.9 Å². The molecular weight excluding hydrogens is 425 g/mol. The summed E-state index contributed by atoms with van der Waals surface area (Å²) in [6.45, 7) is -0.895. The van der Waals surface area contributed by atoms with Crippen molar-refractivity contribution in [3.63, 3.8) is 0 Å². The lowest BCUT2D eigenvalue weighted by Crippen LogP contribution is -2.36. The summed E-state index contributed by atoms with van der Waals surface area (Å²) in [5, 5.41) is 10.7. The van der Waals surface area contributed by atoms with Crippen molar-refractivity contribution in [2.75, 3.05) is 10.8 Å². The van der Waals surface area contributed by atoms with Gasteiger partial charge in [0.25, 0.3) is 10.0 Å². The van der Waals surface area contributed by atoms with Gasteiger partial charge in [0, 0.05) is 4.47 Å². The van der Waals surface area contributed by atoms with Gasteiger partial charge in [-0.25, -0.2) is 12.8 Å². The van der Waals surface area contributed by atoms with Gasteiger partial charge in [-0.2, -0.15) is 0 Å². The Morgan fingerprint density at radius 2 is 1.73 bits per heavy atom. The lowest BCUT2D eigenvalue weighted by molar-refractivity contribution is -0.135. The number of hydrogen-bond acceptors (Lipinski definition) is 3. The second-order valence-corrected chi connectivity index (χ2v) is 8.29. The molecule has 26 heavy (non-hydrogen) atoms. The van der Waals surface area contributed by atoms with E-state index in [4.69, 9.17) is 5.11 Å². The molecule has 3 rings (SSSR count). The molecule has 0 aliphatic rings. The molecular formula is C18H13BrFNO4S. The summed E-state index contributed by atoms with van der Waals surface area (Å²) in [6, 6.07) is 15.4. The van der Waals surface area contributed by atoms with Gasteiger partial charge in [-0.15, -0.1) is 0 Å². The topological polar surface area (TPSA) is 74.7 Å². The van der Waals surface area contributed by atoms with Crippen molar-refractivity contribution >= 4 is 48.4 Å². The van der Waals surface area contributed by atoms with Gasteiger partial charge >= 0.3 is 5.97 Å². The molecule has 0 fully saturated rings. The number of aliphatic carboxylic acids is 1. The summed E-state index contributed by atoms with van der Waals surface area (Å²) in [7, 11) is -4.28. The molecule has 0 unspecified atom stereocenters. The number of benzene rings is 3. The zero-order valence-electron chi connectivity index (χ0n) is 13.3. The number of hydrogen-bond donors (Lipinski definition) is 1. The molecule has 0 saturated heterocycles. The minimum atomic E-state index is -4.28. The number of nitrogens with zero attached hydrogens (tertiary/aromatic N) is 1. The Balaban J connectivity index is 2.15. The third-order valence-electron chi connectivity index (χ3n) is 3.77. The molecule has 1 N–H and O–H groups in total. The molecule has 0 atom stereocenters. The van der Waals surface area contributed by atoms with E-state index in [-0.39, 0.29) is 10.6 Å². The normalized spacial score (nSPS) is 11.5. The van der Waals surface area contributed by atoms with Crippen LogP contribution < -0.4 is 4.31 Å². The third kappa shape index (κ3) is 3.56. The Morgan fingerprint density at radius 1 is 1.04 bits per heavy atom. The molecule has 3 aromatic rings. The molecule has 0 spiro atoms. The van der Waals surface area contributed by atoms with Crippen LogP contribution in [-0.4, -0.2) is 26.0 Å². The molecule has 0 amide bonds. The van der Waals surface area contributed by atoms with E-state index in [1.165, 1.54) is 24.3 Å². The fourth-order valence-corrected chi connectivity index (χ4v) is 4.35. The molecule has 0 saturated carbocycles. The average molecular weight is 438 g/mol. The molecule has 3 aromatic carbocycles. The van der Waals surface area contributed by atoms with Crippen molar-refractivity contribution in [3.8, 4) is 0 Å². The highest BCUT2D eigenvalue weighted by Gasteiger charge is 2.29. The van der Waals surface area contributed by atoms with Gasteiger partial charge in [0.2, 0.25) is 0 Å². The SMILES string of the molecule is O=C(O)CN(c1ccc(Br)cc1F)S(=O)(=O)c1ccc2ccccc2c1. The minimum absolute atomic E-state index is 0.111. The molecule has 0 aliphatic heterocycles. The van der Waals surface area contributed by atoms with E-state index in [1.54, 1.807) is 18.2 Å². The van der Waals surface area contributed by atoms with Crippen molar-refractivity contribution in [3.05, 3.63) is 71.0 Å². The van der Waals surface area contributed by atoms with Crippen molar-refractivity contribution in [2.24, 2.45) is 0 Å². The molecule has 0 aliphatic carbocycles. The van der Waals surface area contributed by atoms with Crippen molar-refractivity contribution in [2.45, 2.75) is 4.90 Å². The fourth-order valence-electron chi connectivity index (χ4n) is 2.56. The number of sulfonamides is 1. The Labute approximate surface area is 157 Å². The van der Waals surface area contributed by atoms with Crippen LogP contribution in [0.2, 0.25) is 0 Å². The van der Waals surface area contributed by atoms with E-state index >= 15 is 0 Å². The number of carbonyl (C=O) groups is 1. The van der Waals surface area contributed by atoms with Gasteiger partial charge in [0.1, 0.15) is 12.4 Å². The second kappa shape index (κ2) is 7.05. The Morgan fingerprint density at radius 3 is 2.38 bits per heavy atom. The van der Waals surface area contributed by atoms with Crippen molar-refractivity contribution < 1.29 is 22.7 Å². The molecule has 8 heteroatoms. The van der Waals surface area contributed by atoms with Crippen LogP contribution in [0.15, 0.2) is 70.0 Å². The van der Waals surface area contributed by atoms with E-state index in [2.05, 4.69) is 15.9 Å². The highest BCUT2D eigenvalue weighted by Crippen LogP contribution is 2.29. The molecule has 5 nitrogen and oxygen atoms in total. The number of anilines is 1. The Bertz CT molecular complexity index is 1100. The van der Waals surface area contributed by atoms with Crippen LogP contribution in [0.5, 0.6) is 0 Å². The maximum absolute atomic E-state index is 14.3. The zero-order chi connectivity index (χ0) is 18.9. The fraction of sp³-hybridized carbons (Fsp3) is 0.0556. The van der Waals surface area contributed by atoms with E-state index in [0.29, 0.717) is 14.2 Å². The first-order valence-electron chi connectivity index (χ1n) is 7.47. The van der Waals surface area contributed by atoms with E-state index in [9.17, 15) is 17.6 Å². The van der Waals surface area contributed by atoms with Gasteiger partial charge in [-0.3, -0.25) is 9.10 Å². The Kier molecular flexibility index (Phi) is 4.97. The summed E-state index contributed by atoms with van der Waals surface area (Å²) < 4.78 is 41.4. The summed E-state index contributed by atoms with van der Waals surface area (Å²) in [6.07, 6.45) is 0. The zero-order valence-corrected chi connectivity index (χ0v) is 15.7. The summed E-state index contributed by atoms with van der Waals surface area (Å²) in [5.74, 6) is -2.23. The van der Waals surface area contributed by atoms with Crippen LogP contribution in [-0.2, 0) is 14.8 Å². The molecule has 0 heterocycles. The summed E-state index contributed by atoms with van der Waals surface area (Å²) in [5.41, 5.74) is -0.330. The highest BCUT2D eigenvalue weighted by molar-refractivity contribution is 9.10. The number of fused-ring (bicyclic) bond motifs is 1. The van der Waals surface area contributed by atoms with Gasteiger partial charge in [0.05, 0.1) is 10.6 Å². The third-order valence-corrected chi connectivity index (χ3v) is 6.02. The predicted molar refractivity (Wildman–Crippen MR) is 100 cm³/mol. The second-order valence-electron chi connectivity index (χ2n) is 5.51. The first-order chi connectivity index (χ1) is 12.3. The summed E-state index contributed by atoms with van der Waals surface area (Å²) in [4.78, 5) is 11.1. The van der Waals surface area contributed by atoms with Crippen molar-refractivity contribution in [1.82, 2.24) is 0 Å². The number of rotatable bonds is 5. The van der Waals surface area contributed by atoms with Crippen LogP contribution in [0.25, 0.3) is 10.8 Å². The number of carboxylic acids is 1. The van der Waals surface area contributed by atoms with Gasteiger partial charge in [0.15, 0.2) is 0 Å². The smallest absolute Gasteiger partial charge is 0.324 e. The average Bonchev–Trinajstić information content (AvgIpc) is 2.59. The molecule has 0 radical (unpaired) electrons. The van der Waals surface area contributed by atoms with Gasteiger partial charge < -0.3 is 5.11 Å². The number of carboxylic acid groups (broad SMARTS) is 1. The minimum Gasteiger partial charge on any atom is -0.480 e.